The molecular formula is C24H22ClNO3S. The average Bonchev–Trinajstić information content (AvgIpc) is 2.71. The summed E-state index contributed by atoms with van der Waals surface area (Å²) >= 11 is 5.90. The van der Waals surface area contributed by atoms with Gasteiger partial charge < -0.3 is 0 Å². The highest BCUT2D eigenvalue weighted by atomic mass is 35.5. The van der Waals surface area contributed by atoms with Gasteiger partial charge in [-0.25, -0.2) is 8.42 Å². The molecule has 0 unspecified atom stereocenters. The molecule has 6 heteroatoms. The summed E-state index contributed by atoms with van der Waals surface area (Å²) in [5.41, 5.74) is 3.62. The molecule has 3 aromatic rings. The van der Waals surface area contributed by atoms with Crippen molar-refractivity contribution in [1.29, 1.82) is 0 Å². The van der Waals surface area contributed by atoms with Gasteiger partial charge in [0.05, 0.1) is 10.6 Å². The van der Waals surface area contributed by atoms with Gasteiger partial charge in [0.15, 0.2) is 0 Å². The Morgan fingerprint density at radius 3 is 2.17 bits per heavy atom. The Hall–Kier alpha value is -2.89. The first-order valence-corrected chi connectivity index (χ1v) is 11.2. The molecular weight excluding hydrogens is 418 g/mol. The molecule has 1 amide bonds. The number of amides is 1. The van der Waals surface area contributed by atoms with Crippen molar-refractivity contribution in [2.75, 3.05) is 4.31 Å². The standard InChI is InChI=1S/C24H22ClNO3S/c1-17-7-14-22(15-8-17)30(28,29)26(23-6-4-5-18(2)19(23)3)24(27)16-11-20-9-12-21(25)13-10-20/h4-16H,1-3H3/b16-11+. The van der Waals surface area contributed by atoms with Gasteiger partial charge in [0.2, 0.25) is 0 Å². The van der Waals surface area contributed by atoms with E-state index in [1.54, 1.807) is 61.5 Å². The van der Waals surface area contributed by atoms with Crippen LogP contribution in [0.5, 0.6) is 0 Å². The number of carbonyl (C=O) groups is 1. The fraction of sp³-hybridized carbons (Fsp3) is 0.125. The second-order valence-electron chi connectivity index (χ2n) is 7.02. The summed E-state index contributed by atoms with van der Waals surface area (Å²) in [4.78, 5) is 13.2. The largest absolute Gasteiger partial charge is 0.271 e. The number of anilines is 1. The summed E-state index contributed by atoms with van der Waals surface area (Å²) in [7, 11) is -4.11. The predicted molar refractivity (Wildman–Crippen MR) is 122 cm³/mol. The summed E-state index contributed by atoms with van der Waals surface area (Å²) < 4.78 is 27.8. The molecule has 0 fully saturated rings. The number of hydrogen-bond acceptors (Lipinski definition) is 3. The molecule has 3 aromatic carbocycles. The Balaban J connectivity index is 2.09. The molecule has 0 radical (unpaired) electrons. The third-order valence-electron chi connectivity index (χ3n) is 4.84. The van der Waals surface area contributed by atoms with Crippen LogP contribution in [0.3, 0.4) is 0 Å². The first kappa shape index (κ1) is 21.8. The lowest BCUT2D eigenvalue weighted by Gasteiger charge is -2.24. The fourth-order valence-corrected chi connectivity index (χ4v) is 4.52. The minimum absolute atomic E-state index is 0.0576. The minimum Gasteiger partial charge on any atom is -0.268 e. The molecule has 4 nitrogen and oxygen atoms in total. The number of carbonyl (C=O) groups excluding carboxylic acids is 1. The van der Waals surface area contributed by atoms with Gasteiger partial charge in [-0.2, -0.15) is 4.31 Å². The molecule has 0 aliphatic rings. The van der Waals surface area contributed by atoms with Crippen molar-refractivity contribution in [2.24, 2.45) is 0 Å². The number of rotatable bonds is 5. The second-order valence-corrected chi connectivity index (χ2v) is 9.25. The lowest BCUT2D eigenvalue weighted by molar-refractivity contribution is -0.113. The number of hydrogen-bond donors (Lipinski definition) is 0. The van der Waals surface area contributed by atoms with Gasteiger partial charge in [0, 0.05) is 11.1 Å². The predicted octanol–water partition coefficient (Wildman–Crippen LogP) is 5.70. The van der Waals surface area contributed by atoms with Gasteiger partial charge in [0.25, 0.3) is 15.9 Å². The van der Waals surface area contributed by atoms with Crippen molar-refractivity contribution < 1.29 is 13.2 Å². The topological polar surface area (TPSA) is 54.5 Å². The Kier molecular flexibility index (Phi) is 6.44. The number of sulfonamides is 1. The van der Waals surface area contributed by atoms with Crippen LogP contribution in [0.1, 0.15) is 22.3 Å². The maximum absolute atomic E-state index is 13.5. The van der Waals surface area contributed by atoms with Gasteiger partial charge in [-0.15, -0.1) is 0 Å². The number of benzene rings is 3. The molecule has 0 heterocycles. The maximum Gasteiger partial charge on any atom is 0.271 e. The zero-order chi connectivity index (χ0) is 21.9. The summed E-state index contributed by atoms with van der Waals surface area (Å²) in [6, 6.07) is 18.6. The first-order chi connectivity index (χ1) is 14.2. The Labute approximate surface area is 182 Å². The minimum atomic E-state index is -4.11. The molecule has 0 bridgehead atoms. The highest BCUT2D eigenvalue weighted by Crippen LogP contribution is 2.29. The van der Waals surface area contributed by atoms with Crippen LogP contribution in [0.4, 0.5) is 5.69 Å². The molecule has 0 aromatic heterocycles. The number of nitrogens with zero attached hydrogens (tertiary/aromatic N) is 1. The van der Waals surface area contributed by atoms with Crippen LogP contribution in [0.25, 0.3) is 6.08 Å². The quantitative estimate of drug-likeness (QED) is 0.479. The Morgan fingerprint density at radius 2 is 1.53 bits per heavy atom. The number of aryl methyl sites for hydroxylation is 2. The average molecular weight is 440 g/mol. The summed E-state index contributed by atoms with van der Waals surface area (Å²) in [5.74, 6) is -0.653. The monoisotopic (exact) mass is 439 g/mol. The van der Waals surface area contributed by atoms with Crippen LogP contribution < -0.4 is 4.31 Å². The molecule has 0 aliphatic carbocycles. The molecule has 0 saturated heterocycles. The van der Waals surface area contributed by atoms with E-state index in [2.05, 4.69) is 0 Å². The maximum atomic E-state index is 13.5. The van der Waals surface area contributed by atoms with Gasteiger partial charge in [0.1, 0.15) is 0 Å². The molecule has 0 N–H and O–H groups in total. The van der Waals surface area contributed by atoms with Crippen LogP contribution in [0, 0.1) is 20.8 Å². The van der Waals surface area contributed by atoms with Crippen LogP contribution >= 0.6 is 11.6 Å². The Bertz CT molecular complexity index is 1200. The van der Waals surface area contributed by atoms with Gasteiger partial charge in [-0.1, -0.05) is 53.6 Å². The summed E-state index contributed by atoms with van der Waals surface area (Å²) in [6.45, 7) is 5.56. The van der Waals surface area contributed by atoms with Gasteiger partial charge in [-0.3, -0.25) is 4.79 Å². The van der Waals surface area contributed by atoms with Crippen LogP contribution in [-0.4, -0.2) is 14.3 Å². The summed E-state index contributed by atoms with van der Waals surface area (Å²) in [6.07, 6.45) is 2.83. The molecule has 0 atom stereocenters. The van der Waals surface area contributed by atoms with E-state index in [0.29, 0.717) is 10.7 Å². The van der Waals surface area contributed by atoms with E-state index in [1.165, 1.54) is 18.2 Å². The van der Waals surface area contributed by atoms with Crippen molar-refractivity contribution in [3.8, 4) is 0 Å². The van der Waals surface area contributed by atoms with Crippen molar-refractivity contribution in [3.05, 3.63) is 100 Å². The fourth-order valence-electron chi connectivity index (χ4n) is 2.95. The molecule has 0 aliphatic heterocycles. The second kappa shape index (κ2) is 8.86. The van der Waals surface area contributed by atoms with Gasteiger partial charge in [-0.05, 0) is 73.9 Å². The molecule has 0 spiro atoms. The lowest BCUT2D eigenvalue weighted by atomic mass is 10.1. The highest BCUT2D eigenvalue weighted by molar-refractivity contribution is 7.93. The molecule has 0 saturated carbocycles. The third kappa shape index (κ3) is 4.64. The first-order valence-electron chi connectivity index (χ1n) is 9.36. The summed E-state index contributed by atoms with van der Waals surface area (Å²) in [5, 5.41) is 0.581. The smallest absolute Gasteiger partial charge is 0.268 e. The van der Waals surface area contributed by atoms with Crippen molar-refractivity contribution in [1.82, 2.24) is 0 Å². The lowest BCUT2D eigenvalue weighted by Crippen LogP contribution is -2.36. The van der Waals surface area contributed by atoms with Gasteiger partial charge >= 0.3 is 0 Å². The molecule has 154 valence electrons. The highest BCUT2D eigenvalue weighted by Gasteiger charge is 2.31. The normalized spacial score (nSPS) is 11.6. The molecule has 30 heavy (non-hydrogen) atoms. The third-order valence-corrected chi connectivity index (χ3v) is 6.82. The van der Waals surface area contributed by atoms with E-state index >= 15 is 0 Å². The molecule has 3 rings (SSSR count). The van der Waals surface area contributed by atoms with E-state index in [4.69, 9.17) is 11.6 Å². The Morgan fingerprint density at radius 1 is 0.900 bits per heavy atom. The zero-order valence-corrected chi connectivity index (χ0v) is 18.5. The van der Waals surface area contributed by atoms with Crippen LogP contribution in [0.2, 0.25) is 5.02 Å². The van der Waals surface area contributed by atoms with E-state index in [9.17, 15) is 13.2 Å². The van der Waals surface area contributed by atoms with E-state index < -0.39 is 15.9 Å². The van der Waals surface area contributed by atoms with E-state index in [1.807, 2.05) is 19.9 Å². The van der Waals surface area contributed by atoms with Crippen molar-refractivity contribution in [3.63, 3.8) is 0 Å². The zero-order valence-electron chi connectivity index (χ0n) is 17.0. The van der Waals surface area contributed by atoms with E-state index in [0.717, 1.165) is 26.6 Å². The van der Waals surface area contributed by atoms with Crippen LogP contribution in [0.15, 0.2) is 77.7 Å². The van der Waals surface area contributed by atoms with Crippen LogP contribution in [-0.2, 0) is 14.8 Å². The van der Waals surface area contributed by atoms with E-state index in [-0.39, 0.29) is 4.90 Å². The SMILES string of the molecule is Cc1ccc(S(=O)(=O)N(C(=O)/C=C/c2ccc(Cl)cc2)c2cccc(C)c2C)cc1. The van der Waals surface area contributed by atoms with Crippen molar-refractivity contribution >= 4 is 39.3 Å². The number of halogens is 1. The van der Waals surface area contributed by atoms with Crippen molar-refractivity contribution in [2.45, 2.75) is 25.7 Å².